The molecule has 4 rings (SSSR count). The van der Waals surface area contributed by atoms with E-state index in [0.29, 0.717) is 6.54 Å². The van der Waals surface area contributed by atoms with Crippen molar-refractivity contribution in [3.05, 3.63) is 77.9 Å². The summed E-state index contributed by atoms with van der Waals surface area (Å²) in [4.78, 5) is 26.1. The van der Waals surface area contributed by atoms with Gasteiger partial charge in [0.2, 0.25) is 10.0 Å². The Morgan fingerprint density at radius 1 is 0.971 bits per heavy atom. The normalized spacial score (nSPS) is 14.7. The van der Waals surface area contributed by atoms with Crippen LogP contribution in [0, 0.1) is 5.82 Å². The van der Waals surface area contributed by atoms with Crippen molar-refractivity contribution in [2.24, 2.45) is 0 Å². The molecule has 0 spiro atoms. The number of rotatable bonds is 7. The number of hydrogen-bond acceptors (Lipinski definition) is 7. The zero-order valence-corrected chi connectivity index (χ0v) is 18.9. The highest BCUT2D eigenvalue weighted by molar-refractivity contribution is 7.89. The van der Waals surface area contributed by atoms with Gasteiger partial charge in [0.15, 0.2) is 12.3 Å². The number of sulfonamides is 1. The van der Waals surface area contributed by atoms with Crippen molar-refractivity contribution < 1.29 is 27.1 Å². The quantitative estimate of drug-likeness (QED) is 0.459. The molecule has 12 heteroatoms. The van der Waals surface area contributed by atoms with Crippen LogP contribution in [0.4, 0.5) is 4.39 Å². The minimum Gasteiger partial charge on any atom is -0.451 e. The Kier molecular flexibility index (Phi) is 6.98. The van der Waals surface area contributed by atoms with Crippen molar-refractivity contribution in [1.29, 1.82) is 0 Å². The smallest absolute Gasteiger partial charge is 0.361 e. The molecule has 2 heterocycles. The van der Waals surface area contributed by atoms with E-state index in [9.17, 15) is 22.4 Å². The van der Waals surface area contributed by atoms with Gasteiger partial charge in [0.25, 0.3) is 5.91 Å². The SMILES string of the molecule is O=C(OCC(=O)N1CCN(S(=O)(=O)c2ccc(F)cc2)CC1)c1cn(Cc2ccccc2)nn1. The second-order valence-corrected chi connectivity index (χ2v) is 9.54. The highest BCUT2D eigenvalue weighted by atomic mass is 32.2. The summed E-state index contributed by atoms with van der Waals surface area (Å²) in [5.41, 5.74) is 0.974. The lowest BCUT2D eigenvalue weighted by Crippen LogP contribution is -2.51. The summed E-state index contributed by atoms with van der Waals surface area (Å²) < 4.78 is 46.2. The fourth-order valence-electron chi connectivity index (χ4n) is 3.47. The summed E-state index contributed by atoms with van der Waals surface area (Å²) in [7, 11) is -3.78. The molecule has 0 N–H and O–H groups in total. The maximum absolute atomic E-state index is 13.1. The van der Waals surface area contributed by atoms with E-state index < -0.39 is 34.3 Å². The first-order valence-corrected chi connectivity index (χ1v) is 11.9. The first-order valence-electron chi connectivity index (χ1n) is 10.5. The number of esters is 1. The third-order valence-electron chi connectivity index (χ3n) is 5.30. The molecule has 0 unspecified atom stereocenters. The van der Waals surface area contributed by atoms with Gasteiger partial charge in [0.1, 0.15) is 5.82 Å². The van der Waals surface area contributed by atoms with E-state index in [1.54, 1.807) is 0 Å². The van der Waals surface area contributed by atoms with Crippen LogP contribution in [0.1, 0.15) is 16.1 Å². The third-order valence-corrected chi connectivity index (χ3v) is 7.22. The van der Waals surface area contributed by atoms with Gasteiger partial charge in [-0.25, -0.2) is 22.3 Å². The summed E-state index contributed by atoms with van der Waals surface area (Å²) in [5, 5.41) is 7.69. The molecule has 3 aromatic rings. The fraction of sp³-hybridized carbons (Fsp3) is 0.273. The molecule has 178 valence electrons. The molecule has 0 bridgehead atoms. The van der Waals surface area contributed by atoms with Crippen molar-refractivity contribution in [2.75, 3.05) is 32.8 Å². The predicted molar refractivity (Wildman–Crippen MR) is 118 cm³/mol. The maximum atomic E-state index is 13.1. The third kappa shape index (κ3) is 5.46. The minimum absolute atomic E-state index is 0.0112. The van der Waals surface area contributed by atoms with Crippen molar-refractivity contribution in [1.82, 2.24) is 24.2 Å². The number of halogens is 1. The molecule has 0 radical (unpaired) electrons. The Hall–Kier alpha value is -3.64. The largest absolute Gasteiger partial charge is 0.451 e. The Labute approximate surface area is 195 Å². The Balaban J connectivity index is 1.26. The lowest BCUT2D eigenvalue weighted by atomic mass is 10.2. The summed E-state index contributed by atoms with van der Waals surface area (Å²) in [6, 6.07) is 14.1. The van der Waals surface area contributed by atoms with E-state index in [4.69, 9.17) is 4.74 Å². The molecule has 1 aliphatic heterocycles. The maximum Gasteiger partial charge on any atom is 0.361 e. The number of carbonyl (C=O) groups is 2. The number of hydrogen-bond donors (Lipinski definition) is 0. The zero-order valence-electron chi connectivity index (χ0n) is 18.1. The average Bonchev–Trinajstić information content (AvgIpc) is 3.32. The first-order chi connectivity index (χ1) is 16.3. The van der Waals surface area contributed by atoms with Crippen LogP contribution in [0.3, 0.4) is 0 Å². The van der Waals surface area contributed by atoms with E-state index in [1.807, 2.05) is 30.3 Å². The van der Waals surface area contributed by atoms with Crippen molar-refractivity contribution in [2.45, 2.75) is 11.4 Å². The number of aromatic nitrogens is 3. The molecule has 0 aliphatic carbocycles. The molecule has 0 atom stereocenters. The molecule has 1 fully saturated rings. The Morgan fingerprint density at radius 3 is 2.32 bits per heavy atom. The number of piperazine rings is 1. The van der Waals surface area contributed by atoms with Gasteiger partial charge >= 0.3 is 5.97 Å². The van der Waals surface area contributed by atoms with Gasteiger partial charge in [-0.05, 0) is 29.8 Å². The van der Waals surface area contributed by atoms with E-state index in [1.165, 1.54) is 32.2 Å². The zero-order chi connectivity index (χ0) is 24.1. The molecule has 0 saturated carbocycles. The van der Waals surface area contributed by atoms with Gasteiger partial charge in [-0.15, -0.1) is 5.10 Å². The fourth-order valence-corrected chi connectivity index (χ4v) is 4.89. The minimum atomic E-state index is -3.78. The number of benzene rings is 2. The average molecular weight is 488 g/mol. The molecule has 1 saturated heterocycles. The Morgan fingerprint density at radius 2 is 1.65 bits per heavy atom. The molecule has 10 nitrogen and oxygen atoms in total. The first kappa shape index (κ1) is 23.5. The molecule has 34 heavy (non-hydrogen) atoms. The number of carbonyl (C=O) groups excluding carboxylic acids is 2. The van der Waals surface area contributed by atoms with E-state index in [-0.39, 0.29) is 36.8 Å². The lowest BCUT2D eigenvalue weighted by Gasteiger charge is -2.33. The summed E-state index contributed by atoms with van der Waals surface area (Å²) in [6.07, 6.45) is 1.44. The van der Waals surface area contributed by atoms with Crippen LogP contribution in [0.15, 0.2) is 65.7 Å². The topological polar surface area (TPSA) is 115 Å². The van der Waals surface area contributed by atoms with Crippen LogP contribution < -0.4 is 0 Å². The highest BCUT2D eigenvalue weighted by Crippen LogP contribution is 2.18. The second-order valence-electron chi connectivity index (χ2n) is 7.60. The molecule has 1 aromatic heterocycles. The number of amides is 1. The highest BCUT2D eigenvalue weighted by Gasteiger charge is 2.30. The summed E-state index contributed by atoms with van der Waals surface area (Å²) in [5.74, 6) is -1.74. The van der Waals surface area contributed by atoms with Gasteiger partial charge in [-0.1, -0.05) is 35.5 Å². The summed E-state index contributed by atoms with van der Waals surface area (Å²) >= 11 is 0. The second kappa shape index (κ2) is 10.1. The van der Waals surface area contributed by atoms with Crippen molar-refractivity contribution in [3.8, 4) is 0 Å². The lowest BCUT2D eigenvalue weighted by molar-refractivity contribution is -0.135. The standard InChI is InChI=1S/C22H22FN5O5S/c23-18-6-8-19(9-7-18)34(31,32)28-12-10-26(11-13-28)21(29)16-33-22(30)20-15-27(25-24-20)14-17-4-2-1-3-5-17/h1-9,15H,10-14,16H2. The van der Waals surface area contributed by atoms with Gasteiger partial charge < -0.3 is 9.64 Å². The Bertz CT molecular complexity index is 1260. The monoisotopic (exact) mass is 487 g/mol. The van der Waals surface area contributed by atoms with Gasteiger partial charge in [0, 0.05) is 26.2 Å². The van der Waals surface area contributed by atoms with Crippen LogP contribution >= 0.6 is 0 Å². The summed E-state index contributed by atoms with van der Waals surface area (Å²) in [6.45, 7) is 0.384. The van der Waals surface area contributed by atoms with Crippen molar-refractivity contribution >= 4 is 21.9 Å². The van der Waals surface area contributed by atoms with Crippen LogP contribution in [0.25, 0.3) is 0 Å². The number of nitrogens with zero attached hydrogens (tertiary/aromatic N) is 5. The van der Waals surface area contributed by atoms with E-state index in [2.05, 4.69) is 10.3 Å². The van der Waals surface area contributed by atoms with Crippen LogP contribution in [-0.4, -0.2) is 77.3 Å². The number of ether oxygens (including phenoxy) is 1. The van der Waals surface area contributed by atoms with Crippen LogP contribution in [0.2, 0.25) is 0 Å². The molecule has 2 aromatic carbocycles. The van der Waals surface area contributed by atoms with Crippen LogP contribution in [-0.2, 0) is 26.1 Å². The van der Waals surface area contributed by atoms with Gasteiger partial charge in [-0.3, -0.25) is 4.79 Å². The van der Waals surface area contributed by atoms with Crippen LogP contribution in [0.5, 0.6) is 0 Å². The molecular formula is C22H22FN5O5S. The van der Waals surface area contributed by atoms with Crippen molar-refractivity contribution in [3.63, 3.8) is 0 Å². The molecular weight excluding hydrogens is 465 g/mol. The van der Waals surface area contributed by atoms with E-state index >= 15 is 0 Å². The van der Waals surface area contributed by atoms with Gasteiger partial charge in [0.05, 0.1) is 17.6 Å². The molecule has 1 aliphatic rings. The van der Waals surface area contributed by atoms with E-state index in [0.717, 1.165) is 17.7 Å². The molecule has 1 amide bonds. The predicted octanol–water partition coefficient (Wildman–Crippen LogP) is 1.16. The van der Waals surface area contributed by atoms with Gasteiger partial charge in [-0.2, -0.15) is 4.31 Å².